The van der Waals surface area contributed by atoms with Crippen LogP contribution in [0.1, 0.15) is 35.3 Å². The fraction of sp³-hybridized carbons (Fsp3) is 0.500. The zero-order valence-electron chi connectivity index (χ0n) is 11.7. The second-order valence-electron chi connectivity index (χ2n) is 5.03. The maximum absolute atomic E-state index is 12.0. The lowest BCUT2D eigenvalue weighted by atomic mass is 10.1. The highest BCUT2D eigenvalue weighted by molar-refractivity contribution is 5.97. The monoisotopic (exact) mass is 276 g/mol. The van der Waals surface area contributed by atoms with E-state index in [4.69, 9.17) is 5.73 Å². The van der Waals surface area contributed by atoms with Crippen molar-refractivity contribution < 1.29 is 9.59 Å². The lowest BCUT2D eigenvalue weighted by Gasteiger charge is -2.26. The number of carbonyl (C=O) groups excluding carboxylic acids is 2. The van der Waals surface area contributed by atoms with Gasteiger partial charge in [0.05, 0.1) is 29.7 Å². The molecule has 0 atom stereocenters. The summed E-state index contributed by atoms with van der Waals surface area (Å²) in [5, 5.41) is 2.64. The Bertz CT molecular complexity index is 510. The van der Waals surface area contributed by atoms with Gasteiger partial charge >= 0.3 is 0 Å². The molecule has 3 N–H and O–H groups in total. The molecule has 0 unspecified atom stereocenters. The normalized spacial score (nSPS) is 14.9. The lowest BCUT2D eigenvalue weighted by Crippen LogP contribution is -2.42. The number of aryl methyl sites for hydroxylation is 1. The Hall–Kier alpha value is -2.11. The molecule has 0 saturated carbocycles. The molecule has 1 aromatic heterocycles. The molecular formula is C14H20N4O2. The number of nitrogens with zero attached hydrogens (tertiary/aromatic N) is 2. The third-order valence-electron chi connectivity index (χ3n) is 3.46. The van der Waals surface area contributed by atoms with Gasteiger partial charge in [0.1, 0.15) is 0 Å². The summed E-state index contributed by atoms with van der Waals surface area (Å²) in [7, 11) is 0. The van der Waals surface area contributed by atoms with E-state index < -0.39 is 0 Å². The summed E-state index contributed by atoms with van der Waals surface area (Å²) in [6.07, 6.45) is 4.76. The van der Waals surface area contributed by atoms with Gasteiger partial charge in [-0.3, -0.25) is 14.6 Å². The molecule has 1 aliphatic heterocycles. The number of amides is 2. The summed E-state index contributed by atoms with van der Waals surface area (Å²) in [4.78, 5) is 29.8. The number of piperidine rings is 1. The van der Waals surface area contributed by atoms with Crippen LogP contribution < -0.4 is 11.1 Å². The quantitative estimate of drug-likeness (QED) is 0.851. The molecule has 0 bridgehead atoms. The number of nitrogens with one attached hydrogen (secondary N) is 1. The molecule has 1 aliphatic rings. The van der Waals surface area contributed by atoms with E-state index in [0.29, 0.717) is 16.9 Å². The molecule has 2 amide bonds. The highest BCUT2D eigenvalue weighted by Gasteiger charge is 2.18. The van der Waals surface area contributed by atoms with Crippen molar-refractivity contribution in [2.24, 2.45) is 0 Å². The standard InChI is InChI=1S/C14H20N4O2/c1-10-12(7-11(15)8-16-10)14(20)17-9-13(19)18-5-3-2-4-6-18/h7-8H,2-6,9,15H2,1H3,(H,17,20). The van der Waals surface area contributed by atoms with Crippen molar-refractivity contribution in [3.8, 4) is 0 Å². The van der Waals surface area contributed by atoms with Gasteiger partial charge in [0.15, 0.2) is 0 Å². The summed E-state index contributed by atoms with van der Waals surface area (Å²) in [6, 6.07) is 1.57. The highest BCUT2D eigenvalue weighted by Crippen LogP contribution is 2.10. The largest absolute Gasteiger partial charge is 0.397 e. The van der Waals surface area contributed by atoms with E-state index in [1.165, 1.54) is 12.6 Å². The first-order chi connectivity index (χ1) is 9.58. The molecule has 20 heavy (non-hydrogen) atoms. The van der Waals surface area contributed by atoms with E-state index >= 15 is 0 Å². The summed E-state index contributed by atoms with van der Waals surface area (Å²) >= 11 is 0. The average Bonchev–Trinajstić information content (AvgIpc) is 2.47. The van der Waals surface area contributed by atoms with Crippen LogP contribution in [0.25, 0.3) is 0 Å². The molecule has 1 saturated heterocycles. The first kappa shape index (κ1) is 14.3. The Balaban J connectivity index is 1.91. The SMILES string of the molecule is Cc1ncc(N)cc1C(=O)NCC(=O)N1CCCCC1. The number of rotatable bonds is 3. The van der Waals surface area contributed by atoms with E-state index in [9.17, 15) is 9.59 Å². The Morgan fingerprint density at radius 2 is 2.05 bits per heavy atom. The molecule has 0 spiro atoms. The Labute approximate surface area is 118 Å². The number of anilines is 1. The van der Waals surface area contributed by atoms with Crippen molar-refractivity contribution in [2.45, 2.75) is 26.2 Å². The van der Waals surface area contributed by atoms with E-state index in [1.54, 1.807) is 17.9 Å². The lowest BCUT2D eigenvalue weighted by molar-refractivity contribution is -0.130. The molecule has 6 heteroatoms. The van der Waals surface area contributed by atoms with Crippen LogP contribution in [0.3, 0.4) is 0 Å². The number of nitrogens with two attached hydrogens (primary N) is 1. The summed E-state index contributed by atoms with van der Waals surface area (Å²) in [5.74, 6) is -0.347. The fourth-order valence-corrected chi connectivity index (χ4v) is 2.29. The zero-order chi connectivity index (χ0) is 14.5. The van der Waals surface area contributed by atoms with Crippen LogP contribution in [-0.2, 0) is 4.79 Å². The van der Waals surface area contributed by atoms with Gasteiger partial charge in [-0.25, -0.2) is 0 Å². The fourth-order valence-electron chi connectivity index (χ4n) is 2.29. The number of pyridine rings is 1. The van der Waals surface area contributed by atoms with Crippen molar-refractivity contribution >= 4 is 17.5 Å². The van der Waals surface area contributed by atoms with E-state index in [-0.39, 0.29) is 18.4 Å². The third kappa shape index (κ3) is 3.46. The highest BCUT2D eigenvalue weighted by atomic mass is 16.2. The molecule has 6 nitrogen and oxygen atoms in total. The molecule has 0 aromatic carbocycles. The van der Waals surface area contributed by atoms with Crippen molar-refractivity contribution in [2.75, 3.05) is 25.4 Å². The van der Waals surface area contributed by atoms with Crippen LogP contribution in [0.5, 0.6) is 0 Å². The predicted molar refractivity (Wildman–Crippen MR) is 76.2 cm³/mol. The van der Waals surface area contributed by atoms with Gasteiger partial charge in [-0.05, 0) is 32.3 Å². The van der Waals surface area contributed by atoms with Crippen LogP contribution >= 0.6 is 0 Å². The van der Waals surface area contributed by atoms with E-state index in [0.717, 1.165) is 25.9 Å². The van der Waals surface area contributed by atoms with Gasteiger partial charge < -0.3 is 16.0 Å². The van der Waals surface area contributed by atoms with Crippen LogP contribution in [0, 0.1) is 6.92 Å². The first-order valence-electron chi connectivity index (χ1n) is 6.86. The zero-order valence-corrected chi connectivity index (χ0v) is 11.7. The maximum Gasteiger partial charge on any atom is 0.253 e. The number of aromatic nitrogens is 1. The third-order valence-corrected chi connectivity index (χ3v) is 3.46. The maximum atomic E-state index is 12.0. The van der Waals surface area contributed by atoms with Gasteiger partial charge in [-0.15, -0.1) is 0 Å². The number of carbonyl (C=O) groups is 2. The van der Waals surface area contributed by atoms with Crippen LogP contribution in [0.4, 0.5) is 5.69 Å². The van der Waals surface area contributed by atoms with Crippen molar-refractivity contribution in [3.05, 3.63) is 23.5 Å². The van der Waals surface area contributed by atoms with Crippen molar-refractivity contribution in [1.29, 1.82) is 0 Å². The van der Waals surface area contributed by atoms with Crippen LogP contribution in [0.2, 0.25) is 0 Å². The van der Waals surface area contributed by atoms with Gasteiger partial charge in [0, 0.05) is 13.1 Å². The second-order valence-corrected chi connectivity index (χ2v) is 5.03. The van der Waals surface area contributed by atoms with Gasteiger partial charge in [0.25, 0.3) is 5.91 Å². The smallest absolute Gasteiger partial charge is 0.253 e. The number of likely N-dealkylation sites (tertiary alicyclic amines) is 1. The van der Waals surface area contributed by atoms with Gasteiger partial charge in [-0.1, -0.05) is 0 Å². The van der Waals surface area contributed by atoms with Gasteiger partial charge in [0.2, 0.25) is 5.91 Å². The Morgan fingerprint density at radius 3 is 2.75 bits per heavy atom. The number of nitrogen functional groups attached to an aromatic ring is 1. The van der Waals surface area contributed by atoms with Crippen LogP contribution in [-0.4, -0.2) is 41.3 Å². The average molecular weight is 276 g/mol. The minimum Gasteiger partial charge on any atom is -0.397 e. The molecule has 0 radical (unpaired) electrons. The van der Waals surface area contributed by atoms with Crippen molar-refractivity contribution in [3.63, 3.8) is 0 Å². The molecule has 2 rings (SSSR count). The first-order valence-corrected chi connectivity index (χ1v) is 6.86. The molecule has 1 aromatic rings. The number of hydrogen-bond acceptors (Lipinski definition) is 4. The minimum atomic E-state index is -0.312. The molecule has 1 fully saturated rings. The minimum absolute atomic E-state index is 0.0209. The molecule has 2 heterocycles. The Kier molecular flexibility index (Phi) is 4.55. The Morgan fingerprint density at radius 1 is 1.35 bits per heavy atom. The molecule has 108 valence electrons. The van der Waals surface area contributed by atoms with Crippen molar-refractivity contribution in [1.82, 2.24) is 15.2 Å². The second kappa shape index (κ2) is 6.36. The van der Waals surface area contributed by atoms with E-state index in [2.05, 4.69) is 10.3 Å². The topological polar surface area (TPSA) is 88.3 Å². The predicted octanol–water partition coefficient (Wildman–Crippen LogP) is 0.715. The summed E-state index contributed by atoms with van der Waals surface area (Å²) < 4.78 is 0. The van der Waals surface area contributed by atoms with Gasteiger partial charge in [-0.2, -0.15) is 0 Å². The van der Waals surface area contributed by atoms with E-state index in [1.807, 2.05) is 0 Å². The summed E-state index contributed by atoms with van der Waals surface area (Å²) in [5.41, 5.74) is 7.07. The molecular weight excluding hydrogens is 256 g/mol. The molecule has 0 aliphatic carbocycles. The number of hydrogen-bond donors (Lipinski definition) is 2. The summed E-state index contributed by atoms with van der Waals surface area (Å²) in [6.45, 7) is 3.33. The van der Waals surface area contributed by atoms with Crippen LogP contribution in [0.15, 0.2) is 12.3 Å².